The van der Waals surface area contributed by atoms with Gasteiger partial charge in [-0.25, -0.2) is 0 Å². The Morgan fingerprint density at radius 1 is 1.25 bits per heavy atom. The highest BCUT2D eigenvalue weighted by atomic mass is 16.4. The molecule has 0 spiro atoms. The van der Waals surface area contributed by atoms with Crippen molar-refractivity contribution in [3.8, 4) is 0 Å². The predicted octanol–water partition coefficient (Wildman–Crippen LogP) is 2.15. The summed E-state index contributed by atoms with van der Waals surface area (Å²) in [5, 5.41) is 8.89. The van der Waals surface area contributed by atoms with E-state index in [1.807, 2.05) is 4.90 Å². The highest BCUT2D eigenvalue weighted by molar-refractivity contribution is 5.69. The zero-order chi connectivity index (χ0) is 14.5. The number of carbonyl (C=O) groups is 1. The molecule has 1 aliphatic heterocycles. The number of carboxylic acids is 1. The van der Waals surface area contributed by atoms with E-state index in [9.17, 15) is 4.79 Å². The van der Waals surface area contributed by atoms with Crippen LogP contribution in [0.4, 0.5) is 0 Å². The number of rotatable bonds is 4. The van der Waals surface area contributed by atoms with Crippen molar-refractivity contribution in [2.75, 3.05) is 32.7 Å². The summed E-state index contributed by atoms with van der Waals surface area (Å²) in [4.78, 5) is 15.3. The van der Waals surface area contributed by atoms with Gasteiger partial charge in [-0.2, -0.15) is 0 Å². The molecular formula is C16H24N2O2. The van der Waals surface area contributed by atoms with Crippen LogP contribution < -0.4 is 0 Å². The molecule has 0 saturated carbocycles. The fraction of sp³-hybridized carbons (Fsp3) is 0.562. The molecule has 110 valence electrons. The second-order valence-electron chi connectivity index (χ2n) is 5.59. The molecule has 1 fully saturated rings. The van der Waals surface area contributed by atoms with Gasteiger partial charge >= 0.3 is 5.97 Å². The van der Waals surface area contributed by atoms with Crippen LogP contribution in [-0.2, 0) is 4.79 Å². The summed E-state index contributed by atoms with van der Waals surface area (Å²) < 4.78 is 0. The third-order valence-electron chi connectivity index (χ3n) is 4.17. The predicted molar refractivity (Wildman–Crippen MR) is 79.9 cm³/mol. The number of hydrogen-bond acceptors (Lipinski definition) is 3. The Labute approximate surface area is 121 Å². The van der Waals surface area contributed by atoms with Crippen LogP contribution in [0.3, 0.4) is 0 Å². The average Bonchev–Trinajstić information content (AvgIpc) is 2.63. The van der Waals surface area contributed by atoms with Crippen molar-refractivity contribution in [2.24, 2.45) is 0 Å². The number of aliphatic carboxylic acids is 1. The summed E-state index contributed by atoms with van der Waals surface area (Å²) in [7, 11) is 0. The van der Waals surface area contributed by atoms with Gasteiger partial charge in [0.05, 0.1) is 6.54 Å². The van der Waals surface area contributed by atoms with Gasteiger partial charge in [0.1, 0.15) is 0 Å². The van der Waals surface area contributed by atoms with Gasteiger partial charge in [0.2, 0.25) is 0 Å². The molecule has 20 heavy (non-hydrogen) atoms. The molecule has 4 nitrogen and oxygen atoms in total. The van der Waals surface area contributed by atoms with Gasteiger partial charge in [-0.15, -0.1) is 0 Å². The molecule has 4 heteroatoms. The molecule has 1 aromatic rings. The van der Waals surface area contributed by atoms with Crippen molar-refractivity contribution in [1.82, 2.24) is 9.80 Å². The number of carboxylic acid groups (broad SMARTS) is 1. The minimum absolute atomic E-state index is 0.159. The first-order valence-electron chi connectivity index (χ1n) is 7.31. The lowest BCUT2D eigenvalue weighted by molar-refractivity contribution is -0.138. The van der Waals surface area contributed by atoms with Gasteiger partial charge in [0, 0.05) is 32.2 Å². The second kappa shape index (κ2) is 6.86. The normalized spacial score (nSPS) is 19.5. The third kappa shape index (κ3) is 3.81. The molecule has 0 aliphatic carbocycles. The zero-order valence-corrected chi connectivity index (χ0v) is 12.4. The number of nitrogens with zero attached hydrogens (tertiary/aromatic N) is 2. The van der Waals surface area contributed by atoms with Gasteiger partial charge in [-0.1, -0.05) is 24.3 Å². The lowest BCUT2D eigenvalue weighted by Gasteiger charge is -2.29. The molecule has 1 unspecified atom stereocenters. The summed E-state index contributed by atoms with van der Waals surface area (Å²) >= 11 is 0. The Bertz CT molecular complexity index is 462. The van der Waals surface area contributed by atoms with Crippen LogP contribution in [0.1, 0.15) is 30.5 Å². The van der Waals surface area contributed by atoms with Crippen molar-refractivity contribution < 1.29 is 9.90 Å². The van der Waals surface area contributed by atoms with E-state index in [0.717, 1.165) is 32.6 Å². The zero-order valence-electron chi connectivity index (χ0n) is 12.4. The van der Waals surface area contributed by atoms with Crippen LogP contribution in [0.25, 0.3) is 0 Å². The lowest BCUT2D eigenvalue weighted by Crippen LogP contribution is -2.35. The molecular weight excluding hydrogens is 252 g/mol. The summed E-state index contributed by atoms with van der Waals surface area (Å²) in [5.41, 5.74) is 2.70. The van der Waals surface area contributed by atoms with Crippen LogP contribution in [0.5, 0.6) is 0 Å². The minimum Gasteiger partial charge on any atom is -0.480 e. The van der Waals surface area contributed by atoms with E-state index < -0.39 is 5.97 Å². The van der Waals surface area contributed by atoms with Gasteiger partial charge in [-0.3, -0.25) is 14.6 Å². The summed E-state index contributed by atoms with van der Waals surface area (Å²) in [6, 6.07) is 8.90. The quantitative estimate of drug-likeness (QED) is 0.915. The van der Waals surface area contributed by atoms with E-state index in [-0.39, 0.29) is 6.54 Å². The maximum Gasteiger partial charge on any atom is 0.317 e. The maximum atomic E-state index is 10.8. The Kier molecular flexibility index (Phi) is 5.15. The Morgan fingerprint density at radius 2 is 2.00 bits per heavy atom. The van der Waals surface area contributed by atoms with Crippen molar-refractivity contribution in [3.05, 3.63) is 35.4 Å². The standard InChI is InChI=1S/C16H24N2O2/c1-13-6-3-4-7-15(13)14(2)18-9-5-8-17(10-11-18)12-16(19)20/h3-4,6-7,14H,5,8-12H2,1-2H3,(H,19,20). The fourth-order valence-electron chi connectivity index (χ4n) is 2.98. The molecule has 1 atom stereocenters. The summed E-state index contributed by atoms with van der Waals surface area (Å²) in [6.45, 7) is 8.24. The number of aryl methyl sites for hydroxylation is 1. The van der Waals surface area contributed by atoms with E-state index in [1.54, 1.807) is 0 Å². The van der Waals surface area contributed by atoms with Gasteiger partial charge < -0.3 is 5.11 Å². The largest absolute Gasteiger partial charge is 0.480 e. The fourth-order valence-corrected chi connectivity index (χ4v) is 2.98. The Hall–Kier alpha value is -1.39. The van der Waals surface area contributed by atoms with Gasteiger partial charge in [-0.05, 0) is 31.4 Å². The van der Waals surface area contributed by atoms with Gasteiger partial charge in [0.25, 0.3) is 0 Å². The number of benzene rings is 1. The summed E-state index contributed by atoms with van der Waals surface area (Å²) in [6.07, 6.45) is 1.03. The van der Waals surface area contributed by atoms with Crippen LogP contribution >= 0.6 is 0 Å². The van der Waals surface area contributed by atoms with E-state index in [1.165, 1.54) is 11.1 Å². The van der Waals surface area contributed by atoms with E-state index in [0.29, 0.717) is 6.04 Å². The molecule has 1 heterocycles. The van der Waals surface area contributed by atoms with E-state index in [2.05, 4.69) is 43.0 Å². The monoisotopic (exact) mass is 276 g/mol. The highest BCUT2D eigenvalue weighted by Crippen LogP contribution is 2.24. The molecule has 0 amide bonds. The molecule has 1 aliphatic rings. The third-order valence-corrected chi connectivity index (χ3v) is 4.17. The van der Waals surface area contributed by atoms with Crippen molar-refractivity contribution >= 4 is 5.97 Å². The molecule has 2 rings (SSSR count). The first-order chi connectivity index (χ1) is 9.58. The van der Waals surface area contributed by atoms with E-state index >= 15 is 0 Å². The highest BCUT2D eigenvalue weighted by Gasteiger charge is 2.21. The maximum absolute atomic E-state index is 10.8. The molecule has 1 aromatic carbocycles. The summed E-state index contributed by atoms with van der Waals surface area (Å²) in [5.74, 6) is -0.731. The van der Waals surface area contributed by atoms with Crippen LogP contribution in [0, 0.1) is 6.92 Å². The van der Waals surface area contributed by atoms with Crippen molar-refractivity contribution in [2.45, 2.75) is 26.3 Å². The SMILES string of the molecule is Cc1ccccc1C(C)N1CCCN(CC(=O)O)CC1. The van der Waals surface area contributed by atoms with Crippen molar-refractivity contribution in [1.29, 1.82) is 0 Å². The van der Waals surface area contributed by atoms with Gasteiger partial charge in [0.15, 0.2) is 0 Å². The van der Waals surface area contributed by atoms with Crippen molar-refractivity contribution in [3.63, 3.8) is 0 Å². The second-order valence-corrected chi connectivity index (χ2v) is 5.59. The van der Waals surface area contributed by atoms with Crippen LogP contribution in [-0.4, -0.2) is 53.6 Å². The molecule has 0 radical (unpaired) electrons. The van der Waals surface area contributed by atoms with Crippen LogP contribution in [0.2, 0.25) is 0 Å². The lowest BCUT2D eigenvalue weighted by atomic mass is 10.0. The first kappa shape index (κ1) is 15.0. The smallest absolute Gasteiger partial charge is 0.317 e. The average molecular weight is 276 g/mol. The van der Waals surface area contributed by atoms with E-state index in [4.69, 9.17) is 5.11 Å². The van der Waals surface area contributed by atoms with Crippen LogP contribution in [0.15, 0.2) is 24.3 Å². The topological polar surface area (TPSA) is 43.8 Å². The Morgan fingerprint density at radius 3 is 2.70 bits per heavy atom. The molecule has 1 saturated heterocycles. The first-order valence-corrected chi connectivity index (χ1v) is 7.31. The minimum atomic E-state index is -0.731. The molecule has 1 N–H and O–H groups in total. The number of hydrogen-bond donors (Lipinski definition) is 1. The molecule has 0 bridgehead atoms. The Balaban J connectivity index is 2.00. The molecule has 0 aromatic heterocycles.